The number of sulfone groups is 1. The fourth-order valence-corrected chi connectivity index (χ4v) is 6.25. The topological polar surface area (TPSA) is 103 Å². The van der Waals surface area contributed by atoms with Crippen molar-refractivity contribution >= 4 is 38.1 Å². The summed E-state index contributed by atoms with van der Waals surface area (Å²) in [4.78, 5) is 23.1. The Balaban J connectivity index is 1.80. The van der Waals surface area contributed by atoms with Crippen molar-refractivity contribution in [1.82, 2.24) is 19.9 Å². The molecule has 1 atom stereocenters. The van der Waals surface area contributed by atoms with Gasteiger partial charge in [0.2, 0.25) is 0 Å². The molecule has 1 aliphatic heterocycles. The number of imidazole rings is 1. The average Bonchev–Trinajstić information content (AvgIpc) is 3.42. The summed E-state index contributed by atoms with van der Waals surface area (Å²) in [7, 11) is -1.44. The summed E-state index contributed by atoms with van der Waals surface area (Å²) >= 11 is 1.54. The lowest BCUT2D eigenvalue weighted by Gasteiger charge is -2.14. The highest BCUT2D eigenvalue weighted by molar-refractivity contribution is 7.91. The first kappa shape index (κ1) is 21.0. The number of thiophene rings is 1. The Hall–Kier alpha value is -2.30. The highest BCUT2D eigenvalue weighted by Crippen LogP contribution is 2.33. The van der Waals surface area contributed by atoms with Gasteiger partial charge < -0.3 is 14.6 Å². The van der Waals surface area contributed by atoms with Crippen LogP contribution in [-0.4, -0.2) is 60.6 Å². The standard InChI is InChI=1S/C20H24N4O4S2/c1-13-22-18-16(24(13)14-6-10-30(26,27)12-14)11-15(17-5-3-9-29-17)23-19(18)20(25)21-7-4-8-28-2/h3,5,9,11,14H,4,6-8,10,12H2,1-2H3,(H,21,25). The third kappa shape index (κ3) is 4.12. The second-order valence-corrected chi connectivity index (χ2v) is 10.6. The van der Waals surface area contributed by atoms with E-state index < -0.39 is 9.84 Å². The van der Waals surface area contributed by atoms with E-state index in [1.807, 2.05) is 35.1 Å². The van der Waals surface area contributed by atoms with Crippen molar-refractivity contribution in [3.05, 3.63) is 35.1 Å². The molecule has 0 aromatic carbocycles. The first-order valence-corrected chi connectivity index (χ1v) is 12.5. The fraction of sp³-hybridized carbons (Fsp3) is 0.450. The third-order valence-corrected chi connectivity index (χ3v) is 7.87. The van der Waals surface area contributed by atoms with Gasteiger partial charge in [-0.25, -0.2) is 18.4 Å². The second-order valence-electron chi connectivity index (χ2n) is 7.39. The van der Waals surface area contributed by atoms with Crippen molar-refractivity contribution < 1.29 is 17.9 Å². The number of aromatic nitrogens is 3. The van der Waals surface area contributed by atoms with Gasteiger partial charge >= 0.3 is 0 Å². The van der Waals surface area contributed by atoms with Crippen molar-refractivity contribution in [2.24, 2.45) is 0 Å². The van der Waals surface area contributed by atoms with Gasteiger partial charge in [0, 0.05) is 20.3 Å². The quantitative estimate of drug-likeness (QED) is 0.557. The maximum absolute atomic E-state index is 12.9. The summed E-state index contributed by atoms with van der Waals surface area (Å²) in [5.41, 5.74) is 2.19. The summed E-state index contributed by atoms with van der Waals surface area (Å²) in [6, 6.07) is 5.61. The lowest BCUT2D eigenvalue weighted by molar-refractivity contribution is 0.0945. The molecule has 30 heavy (non-hydrogen) atoms. The van der Waals surface area contributed by atoms with Gasteiger partial charge in [-0.15, -0.1) is 11.3 Å². The summed E-state index contributed by atoms with van der Waals surface area (Å²) < 4.78 is 31.1. The van der Waals surface area contributed by atoms with Crippen LogP contribution in [0.3, 0.4) is 0 Å². The molecule has 0 aliphatic carbocycles. The van der Waals surface area contributed by atoms with E-state index >= 15 is 0 Å². The molecule has 160 valence electrons. The van der Waals surface area contributed by atoms with E-state index in [0.717, 1.165) is 10.4 Å². The van der Waals surface area contributed by atoms with Gasteiger partial charge in [0.1, 0.15) is 11.3 Å². The number of methoxy groups -OCH3 is 1. The number of nitrogens with zero attached hydrogens (tertiary/aromatic N) is 3. The molecule has 8 nitrogen and oxygen atoms in total. The first-order chi connectivity index (χ1) is 14.4. The fourth-order valence-electron chi connectivity index (χ4n) is 3.86. The maximum Gasteiger partial charge on any atom is 0.272 e. The van der Waals surface area contributed by atoms with E-state index in [2.05, 4.69) is 15.3 Å². The molecule has 1 saturated heterocycles. The third-order valence-electron chi connectivity index (χ3n) is 5.23. The first-order valence-electron chi connectivity index (χ1n) is 9.80. The number of hydrogen-bond donors (Lipinski definition) is 1. The SMILES string of the molecule is COCCCNC(=O)c1nc(-c2cccs2)cc2c1nc(C)n2C1CCS(=O)(=O)C1. The van der Waals surface area contributed by atoms with Crippen LogP contribution in [0.2, 0.25) is 0 Å². The van der Waals surface area contributed by atoms with Crippen LogP contribution in [0.4, 0.5) is 0 Å². The predicted molar refractivity (Wildman–Crippen MR) is 117 cm³/mol. The van der Waals surface area contributed by atoms with Gasteiger partial charge in [-0.1, -0.05) is 6.07 Å². The number of carbonyl (C=O) groups excluding carboxylic acids is 1. The van der Waals surface area contributed by atoms with Gasteiger partial charge in [-0.2, -0.15) is 0 Å². The Morgan fingerprint density at radius 1 is 1.40 bits per heavy atom. The van der Waals surface area contributed by atoms with Crippen LogP contribution in [0.5, 0.6) is 0 Å². The Morgan fingerprint density at radius 3 is 2.90 bits per heavy atom. The lowest BCUT2D eigenvalue weighted by atomic mass is 10.2. The number of fused-ring (bicyclic) bond motifs is 1. The van der Waals surface area contributed by atoms with E-state index in [4.69, 9.17) is 4.74 Å². The predicted octanol–water partition coefficient (Wildman–Crippen LogP) is 2.59. The summed E-state index contributed by atoms with van der Waals surface area (Å²) in [5, 5.41) is 4.84. The molecule has 0 radical (unpaired) electrons. The van der Waals surface area contributed by atoms with Crippen LogP contribution < -0.4 is 5.32 Å². The van der Waals surface area contributed by atoms with E-state index in [1.165, 1.54) is 11.3 Å². The number of carbonyl (C=O) groups is 1. The van der Waals surface area contributed by atoms with Gasteiger partial charge in [0.15, 0.2) is 15.5 Å². The molecule has 1 unspecified atom stereocenters. The molecule has 3 aromatic rings. The number of ether oxygens (including phenoxy) is 1. The molecular weight excluding hydrogens is 424 g/mol. The van der Waals surface area contributed by atoms with Crippen molar-refractivity contribution in [3.63, 3.8) is 0 Å². The van der Waals surface area contributed by atoms with Crippen LogP contribution in [0.1, 0.15) is 35.2 Å². The molecule has 1 N–H and O–H groups in total. The van der Waals surface area contributed by atoms with Crippen molar-refractivity contribution in [3.8, 4) is 10.6 Å². The second kappa shape index (κ2) is 8.44. The molecule has 1 aliphatic rings. The molecule has 10 heteroatoms. The van der Waals surface area contributed by atoms with Crippen LogP contribution in [0.15, 0.2) is 23.6 Å². The number of amides is 1. The zero-order valence-corrected chi connectivity index (χ0v) is 18.6. The lowest BCUT2D eigenvalue weighted by Crippen LogP contribution is -2.26. The monoisotopic (exact) mass is 448 g/mol. The highest BCUT2D eigenvalue weighted by Gasteiger charge is 2.32. The molecule has 1 amide bonds. The molecule has 4 rings (SSSR count). The zero-order chi connectivity index (χ0) is 21.3. The summed E-state index contributed by atoms with van der Waals surface area (Å²) in [5.74, 6) is 0.657. The molecular formula is C20H24N4O4S2. The Morgan fingerprint density at radius 2 is 2.23 bits per heavy atom. The molecule has 3 aromatic heterocycles. The number of hydrogen-bond acceptors (Lipinski definition) is 7. The number of nitrogens with one attached hydrogen (secondary N) is 1. The van der Waals surface area contributed by atoms with Gasteiger partial charge in [-0.05, 0) is 37.3 Å². The normalized spacial score (nSPS) is 18.1. The minimum atomic E-state index is -3.06. The molecule has 0 saturated carbocycles. The largest absolute Gasteiger partial charge is 0.385 e. The minimum Gasteiger partial charge on any atom is -0.385 e. The number of rotatable bonds is 7. The van der Waals surface area contributed by atoms with Gasteiger partial charge in [-0.3, -0.25) is 4.79 Å². The molecule has 0 spiro atoms. The van der Waals surface area contributed by atoms with E-state index in [0.29, 0.717) is 43.0 Å². The summed E-state index contributed by atoms with van der Waals surface area (Å²) in [6.45, 7) is 2.87. The smallest absolute Gasteiger partial charge is 0.272 e. The molecule has 4 heterocycles. The Kier molecular flexibility index (Phi) is 5.90. The van der Waals surface area contributed by atoms with Crippen LogP contribution in [0, 0.1) is 6.92 Å². The van der Waals surface area contributed by atoms with Crippen molar-refractivity contribution in [1.29, 1.82) is 0 Å². The van der Waals surface area contributed by atoms with Crippen molar-refractivity contribution in [2.45, 2.75) is 25.8 Å². The number of pyridine rings is 1. The van der Waals surface area contributed by atoms with Crippen LogP contribution in [-0.2, 0) is 14.6 Å². The zero-order valence-electron chi connectivity index (χ0n) is 16.9. The molecule has 0 bridgehead atoms. The van der Waals surface area contributed by atoms with Crippen LogP contribution >= 0.6 is 11.3 Å². The minimum absolute atomic E-state index is 0.0918. The van der Waals surface area contributed by atoms with E-state index in [9.17, 15) is 13.2 Å². The van der Waals surface area contributed by atoms with Crippen LogP contribution in [0.25, 0.3) is 21.6 Å². The van der Waals surface area contributed by atoms with Gasteiger partial charge in [0.25, 0.3) is 5.91 Å². The Bertz CT molecular complexity index is 1170. The van der Waals surface area contributed by atoms with E-state index in [1.54, 1.807) is 7.11 Å². The average molecular weight is 449 g/mol. The highest BCUT2D eigenvalue weighted by atomic mass is 32.2. The number of aryl methyl sites for hydroxylation is 1. The Labute approximate surface area is 179 Å². The van der Waals surface area contributed by atoms with Gasteiger partial charge in [0.05, 0.1) is 33.6 Å². The van der Waals surface area contributed by atoms with Crippen molar-refractivity contribution in [2.75, 3.05) is 31.8 Å². The molecule has 1 fully saturated rings. The summed E-state index contributed by atoms with van der Waals surface area (Å²) in [6.07, 6.45) is 1.24. The van der Waals surface area contributed by atoms with E-state index in [-0.39, 0.29) is 29.1 Å². The maximum atomic E-state index is 12.9.